The fourth-order valence-electron chi connectivity index (χ4n) is 4.97. The van der Waals surface area contributed by atoms with Crippen molar-refractivity contribution < 1.29 is 23.8 Å². The normalized spacial score (nSPS) is 12.9. The third-order valence-electron chi connectivity index (χ3n) is 7.05. The summed E-state index contributed by atoms with van der Waals surface area (Å²) in [4.78, 5) is 33.9. The summed E-state index contributed by atoms with van der Waals surface area (Å²) in [6, 6.07) is 24.5. The van der Waals surface area contributed by atoms with E-state index in [0.29, 0.717) is 64.7 Å². The molecule has 0 unspecified atom stereocenters. The number of imide groups is 1. The van der Waals surface area contributed by atoms with Crippen LogP contribution >= 0.6 is 0 Å². The Hall–Kier alpha value is -4.82. The van der Waals surface area contributed by atoms with Crippen molar-refractivity contribution in [2.75, 3.05) is 34.3 Å². The maximum absolute atomic E-state index is 13.7. The molecule has 0 spiro atoms. The van der Waals surface area contributed by atoms with E-state index >= 15 is 0 Å². The molecule has 1 N–H and O–H groups in total. The zero-order chi connectivity index (χ0) is 27.8. The quantitative estimate of drug-likeness (QED) is 0.238. The van der Waals surface area contributed by atoms with Gasteiger partial charge in [0, 0.05) is 29.4 Å². The van der Waals surface area contributed by atoms with Gasteiger partial charge in [-0.15, -0.1) is 0 Å². The second-order valence-electron chi connectivity index (χ2n) is 10.00. The second-order valence-corrected chi connectivity index (χ2v) is 10.00. The van der Waals surface area contributed by atoms with Gasteiger partial charge in [-0.05, 0) is 68.2 Å². The van der Waals surface area contributed by atoms with E-state index in [0.717, 1.165) is 16.5 Å². The third kappa shape index (κ3) is 4.63. The van der Waals surface area contributed by atoms with E-state index in [-0.39, 0.29) is 11.8 Å². The number of ether oxygens (including phenoxy) is 3. The minimum Gasteiger partial charge on any atom is -0.497 e. The largest absolute Gasteiger partial charge is 0.497 e. The van der Waals surface area contributed by atoms with E-state index < -0.39 is 0 Å². The molecule has 0 bridgehead atoms. The van der Waals surface area contributed by atoms with Gasteiger partial charge < -0.3 is 24.1 Å². The SMILES string of the molecule is COc1ccc(Oc2cc3c(c4c2[nH]c2ccc(OCc5ccccc5)cc24)C(=O)N(CCN(C)C)C3=O)cc1. The second kappa shape index (κ2) is 10.4. The van der Waals surface area contributed by atoms with Crippen LogP contribution in [-0.4, -0.2) is 60.9 Å². The summed E-state index contributed by atoms with van der Waals surface area (Å²) in [5, 5.41) is 1.43. The van der Waals surface area contributed by atoms with Crippen molar-refractivity contribution >= 4 is 33.6 Å². The highest BCUT2D eigenvalue weighted by Crippen LogP contribution is 2.42. The molecule has 4 aromatic carbocycles. The summed E-state index contributed by atoms with van der Waals surface area (Å²) < 4.78 is 17.6. The van der Waals surface area contributed by atoms with Crippen LogP contribution in [0.1, 0.15) is 26.3 Å². The molecule has 1 aromatic heterocycles. The van der Waals surface area contributed by atoms with Crippen LogP contribution in [0, 0.1) is 0 Å². The Kier molecular flexibility index (Phi) is 6.61. The van der Waals surface area contributed by atoms with Crippen LogP contribution in [0.5, 0.6) is 23.0 Å². The molecule has 0 aliphatic carbocycles. The Labute approximate surface area is 231 Å². The van der Waals surface area contributed by atoms with E-state index in [9.17, 15) is 9.59 Å². The monoisotopic (exact) mass is 535 g/mol. The van der Waals surface area contributed by atoms with Crippen LogP contribution < -0.4 is 14.2 Å². The van der Waals surface area contributed by atoms with Gasteiger partial charge in [0.2, 0.25) is 0 Å². The van der Waals surface area contributed by atoms with Crippen molar-refractivity contribution in [2.24, 2.45) is 0 Å². The Morgan fingerprint density at radius 3 is 2.30 bits per heavy atom. The Morgan fingerprint density at radius 1 is 0.850 bits per heavy atom. The molecule has 202 valence electrons. The van der Waals surface area contributed by atoms with Gasteiger partial charge in [-0.2, -0.15) is 0 Å². The number of rotatable bonds is 9. The first kappa shape index (κ1) is 25.5. The first-order valence-electron chi connectivity index (χ1n) is 13.0. The van der Waals surface area contributed by atoms with Crippen LogP contribution in [-0.2, 0) is 6.61 Å². The summed E-state index contributed by atoms with van der Waals surface area (Å²) in [7, 11) is 5.43. The number of carbonyl (C=O) groups excluding carboxylic acids is 2. The number of hydrogen-bond acceptors (Lipinski definition) is 6. The lowest BCUT2D eigenvalue weighted by atomic mass is 10.0. The molecule has 8 heteroatoms. The maximum Gasteiger partial charge on any atom is 0.262 e. The van der Waals surface area contributed by atoms with Crippen molar-refractivity contribution in [3.8, 4) is 23.0 Å². The first-order valence-corrected chi connectivity index (χ1v) is 13.0. The Morgan fingerprint density at radius 2 is 1.57 bits per heavy atom. The molecule has 0 atom stereocenters. The highest BCUT2D eigenvalue weighted by Gasteiger charge is 2.39. The van der Waals surface area contributed by atoms with Gasteiger partial charge in [-0.3, -0.25) is 14.5 Å². The van der Waals surface area contributed by atoms with Gasteiger partial charge in [-0.25, -0.2) is 0 Å². The predicted molar refractivity (Wildman–Crippen MR) is 154 cm³/mol. The molecule has 0 radical (unpaired) electrons. The molecule has 1 aliphatic heterocycles. The number of H-pyrrole nitrogens is 1. The topological polar surface area (TPSA) is 84.1 Å². The van der Waals surface area contributed by atoms with Crippen molar-refractivity contribution in [2.45, 2.75) is 6.61 Å². The molecule has 2 heterocycles. The van der Waals surface area contributed by atoms with E-state index in [1.807, 2.05) is 67.5 Å². The zero-order valence-electron chi connectivity index (χ0n) is 22.6. The highest BCUT2D eigenvalue weighted by molar-refractivity contribution is 6.30. The Bertz CT molecular complexity index is 1730. The van der Waals surface area contributed by atoms with Crippen LogP contribution in [0.15, 0.2) is 78.9 Å². The summed E-state index contributed by atoms with van der Waals surface area (Å²) in [6.07, 6.45) is 0. The number of aromatic amines is 1. The molecule has 0 saturated heterocycles. The molecular weight excluding hydrogens is 506 g/mol. The van der Waals surface area contributed by atoms with E-state index in [4.69, 9.17) is 14.2 Å². The number of carbonyl (C=O) groups is 2. The van der Waals surface area contributed by atoms with E-state index in [2.05, 4.69) is 4.98 Å². The number of hydrogen-bond donors (Lipinski definition) is 1. The molecule has 8 nitrogen and oxygen atoms in total. The number of benzene rings is 4. The number of nitrogens with one attached hydrogen (secondary N) is 1. The van der Waals surface area contributed by atoms with Gasteiger partial charge >= 0.3 is 0 Å². The van der Waals surface area contributed by atoms with Gasteiger partial charge in [0.1, 0.15) is 23.9 Å². The van der Waals surface area contributed by atoms with Crippen molar-refractivity contribution in [3.63, 3.8) is 0 Å². The van der Waals surface area contributed by atoms with Gasteiger partial charge in [0.25, 0.3) is 11.8 Å². The molecule has 0 saturated carbocycles. The number of nitrogens with zero attached hydrogens (tertiary/aromatic N) is 2. The average Bonchev–Trinajstić information content (AvgIpc) is 3.46. The highest BCUT2D eigenvalue weighted by atomic mass is 16.5. The van der Waals surface area contributed by atoms with Crippen LogP contribution in [0.25, 0.3) is 21.8 Å². The lowest BCUT2D eigenvalue weighted by Crippen LogP contribution is -2.35. The van der Waals surface area contributed by atoms with Gasteiger partial charge in [0.15, 0.2) is 5.75 Å². The van der Waals surface area contributed by atoms with E-state index in [1.54, 1.807) is 37.4 Å². The molecule has 40 heavy (non-hydrogen) atoms. The fraction of sp³-hybridized carbons (Fsp3) is 0.188. The smallest absolute Gasteiger partial charge is 0.262 e. The van der Waals surface area contributed by atoms with Crippen LogP contribution in [0.2, 0.25) is 0 Å². The lowest BCUT2D eigenvalue weighted by molar-refractivity contribution is 0.0645. The molecule has 5 aromatic rings. The number of amides is 2. The summed E-state index contributed by atoms with van der Waals surface area (Å²) in [6.45, 7) is 1.27. The van der Waals surface area contributed by atoms with Gasteiger partial charge in [0.05, 0.1) is 23.8 Å². The van der Waals surface area contributed by atoms with Crippen molar-refractivity contribution in [1.82, 2.24) is 14.8 Å². The van der Waals surface area contributed by atoms with Gasteiger partial charge in [-0.1, -0.05) is 30.3 Å². The standard InChI is InChI=1S/C32H29N3O5/c1-34(2)15-16-35-31(36)25-18-27(40-22-11-9-21(38-3)10-12-22)30-28(29(25)32(35)37)24-17-23(13-14-26(24)33-30)39-19-20-7-5-4-6-8-20/h4-14,17-18,33H,15-16,19H2,1-3H3. The number of aromatic nitrogens is 1. The minimum atomic E-state index is -0.325. The number of methoxy groups -OCH3 is 1. The molecule has 0 fully saturated rings. The fourth-order valence-corrected chi connectivity index (χ4v) is 4.97. The summed E-state index contributed by atoms with van der Waals surface area (Å²) in [5.74, 6) is 1.77. The minimum absolute atomic E-state index is 0.295. The lowest BCUT2D eigenvalue weighted by Gasteiger charge is -2.16. The van der Waals surface area contributed by atoms with Crippen molar-refractivity contribution in [3.05, 3.63) is 95.6 Å². The van der Waals surface area contributed by atoms with Crippen LogP contribution in [0.4, 0.5) is 0 Å². The Balaban J connectivity index is 1.47. The molecule has 6 rings (SSSR count). The predicted octanol–water partition coefficient (Wildman–Crippen LogP) is 5.86. The maximum atomic E-state index is 13.7. The van der Waals surface area contributed by atoms with Crippen LogP contribution in [0.3, 0.4) is 0 Å². The number of likely N-dealkylation sites (N-methyl/N-ethyl adjacent to an activating group) is 1. The molecular formula is C32H29N3O5. The molecule has 2 amide bonds. The zero-order valence-corrected chi connectivity index (χ0v) is 22.6. The first-order chi connectivity index (χ1) is 19.4. The average molecular weight is 536 g/mol. The number of fused-ring (bicyclic) bond motifs is 5. The summed E-state index contributed by atoms with van der Waals surface area (Å²) >= 11 is 0. The van der Waals surface area contributed by atoms with Crippen molar-refractivity contribution in [1.29, 1.82) is 0 Å². The molecule has 1 aliphatic rings. The third-order valence-corrected chi connectivity index (χ3v) is 7.05. The van der Waals surface area contributed by atoms with E-state index in [1.165, 1.54) is 4.90 Å². The summed E-state index contributed by atoms with van der Waals surface area (Å²) in [5.41, 5.74) is 3.21.